The second kappa shape index (κ2) is 5.92. The lowest BCUT2D eigenvalue weighted by atomic mass is 10.0. The number of furan rings is 1. The molecule has 0 saturated carbocycles. The molecule has 0 aliphatic rings. The highest BCUT2D eigenvalue weighted by atomic mass is 16.4. The second-order valence-corrected chi connectivity index (χ2v) is 4.99. The van der Waals surface area contributed by atoms with E-state index in [0.29, 0.717) is 17.9 Å². The summed E-state index contributed by atoms with van der Waals surface area (Å²) in [4.78, 5) is 10.9. The van der Waals surface area contributed by atoms with E-state index < -0.39 is 5.97 Å². The zero-order valence-electron chi connectivity index (χ0n) is 11.9. The molecular formula is C16H19NO3. The summed E-state index contributed by atoms with van der Waals surface area (Å²) in [5.74, 6) is -0.369. The van der Waals surface area contributed by atoms with Crippen LogP contribution >= 0.6 is 0 Å². The summed E-state index contributed by atoms with van der Waals surface area (Å²) in [6.45, 7) is 6.40. The van der Waals surface area contributed by atoms with Gasteiger partial charge in [-0.2, -0.15) is 0 Å². The molecule has 1 heterocycles. The molecule has 0 unspecified atom stereocenters. The van der Waals surface area contributed by atoms with E-state index in [0.717, 1.165) is 0 Å². The number of aryl methyl sites for hydroxylation is 2. The second-order valence-electron chi connectivity index (χ2n) is 4.99. The Bertz CT molecular complexity index is 616. The number of carboxylic acids is 1. The van der Waals surface area contributed by atoms with Crippen molar-refractivity contribution in [3.63, 3.8) is 0 Å². The van der Waals surface area contributed by atoms with Crippen molar-refractivity contribution in [2.24, 2.45) is 0 Å². The minimum Gasteiger partial charge on any atom is -0.475 e. The number of carbonyl (C=O) groups is 1. The molecule has 0 spiro atoms. The maximum atomic E-state index is 10.9. The fourth-order valence-corrected chi connectivity index (χ4v) is 2.28. The number of hydrogen-bond acceptors (Lipinski definition) is 3. The highest BCUT2D eigenvalue weighted by molar-refractivity contribution is 5.86. The molecule has 1 atom stereocenters. The fourth-order valence-electron chi connectivity index (χ4n) is 2.28. The Labute approximate surface area is 118 Å². The van der Waals surface area contributed by atoms with Gasteiger partial charge in [-0.1, -0.05) is 24.3 Å². The lowest BCUT2D eigenvalue weighted by Gasteiger charge is -2.15. The summed E-state index contributed by atoms with van der Waals surface area (Å²) in [7, 11) is 0. The fraction of sp³-hybridized carbons (Fsp3) is 0.312. The summed E-state index contributed by atoms with van der Waals surface area (Å²) >= 11 is 0. The molecule has 20 heavy (non-hydrogen) atoms. The number of nitrogens with one attached hydrogen (secondary N) is 1. The van der Waals surface area contributed by atoms with Crippen molar-refractivity contribution in [2.75, 3.05) is 0 Å². The van der Waals surface area contributed by atoms with Gasteiger partial charge in [0.05, 0.1) is 6.54 Å². The molecule has 106 valence electrons. The Morgan fingerprint density at radius 1 is 1.30 bits per heavy atom. The largest absolute Gasteiger partial charge is 0.475 e. The molecule has 0 bridgehead atoms. The molecule has 4 nitrogen and oxygen atoms in total. The van der Waals surface area contributed by atoms with Crippen molar-refractivity contribution in [3.8, 4) is 0 Å². The normalized spacial score (nSPS) is 12.3. The van der Waals surface area contributed by atoms with Crippen molar-refractivity contribution < 1.29 is 14.3 Å². The average molecular weight is 273 g/mol. The van der Waals surface area contributed by atoms with Crippen LogP contribution in [0.3, 0.4) is 0 Å². The van der Waals surface area contributed by atoms with Gasteiger partial charge in [0.15, 0.2) is 0 Å². The van der Waals surface area contributed by atoms with Gasteiger partial charge in [-0.3, -0.25) is 0 Å². The first-order chi connectivity index (χ1) is 9.49. The molecule has 0 aliphatic carbocycles. The predicted molar refractivity (Wildman–Crippen MR) is 76.8 cm³/mol. The van der Waals surface area contributed by atoms with Crippen LogP contribution in [-0.2, 0) is 6.54 Å². The Morgan fingerprint density at radius 2 is 2.00 bits per heavy atom. The van der Waals surface area contributed by atoms with Crippen molar-refractivity contribution in [1.29, 1.82) is 0 Å². The Morgan fingerprint density at radius 3 is 2.60 bits per heavy atom. The van der Waals surface area contributed by atoms with Crippen LogP contribution in [0.2, 0.25) is 0 Å². The maximum Gasteiger partial charge on any atom is 0.372 e. The third kappa shape index (κ3) is 3.08. The molecule has 4 heteroatoms. The highest BCUT2D eigenvalue weighted by Gasteiger charge is 2.15. The van der Waals surface area contributed by atoms with Crippen molar-refractivity contribution in [1.82, 2.24) is 5.32 Å². The Balaban J connectivity index is 2.04. The van der Waals surface area contributed by atoms with E-state index >= 15 is 0 Å². The van der Waals surface area contributed by atoms with Crippen LogP contribution in [0, 0.1) is 13.8 Å². The smallest absolute Gasteiger partial charge is 0.372 e. The lowest BCUT2D eigenvalue weighted by molar-refractivity contribution is 0.0659. The van der Waals surface area contributed by atoms with Crippen molar-refractivity contribution in [2.45, 2.75) is 33.4 Å². The molecule has 0 fully saturated rings. The number of aromatic carboxylic acids is 1. The number of benzene rings is 1. The molecular weight excluding hydrogens is 254 g/mol. The van der Waals surface area contributed by atoms with Crippen molar-refractivity contribution >= 4 is 5.97 Å². The van der Waals surface area contributed by atoms with E-state index in [4.69, 9.17) is 9.52 Å². The van der Waals surface area contributed by atoms with Crippen LogP contribution in [0.4, 0.5) is 0 Å². The predicted octanol–water partition coefficient (Wildman–Crippen LogP) is 3.45. The standard InChI is InChI=1S/C16H19NO3/c1-10-6-4-5-7-14(10)12(3)17-9-13-8-11(2)15(20-13)16(18)19/h4-8,12,17H,9H2,1-3H3,(H,18,19)/t12-/m1/s1. The first-order valence-corrected chi connectivity index (χ1v) is 6.60. The molecule has 2 N–H and O–H groups in total. The minimum atomic E-state index is -1.03. The molecule has 1 aromatic heterocycles. The van der Waals surface area contributed by atoms with Gasteiger partial charge in [0.1, 0.15) is 5.76 Å². The molecule has 0 amide bonds. The molecule has 0 radical (unpaired) electrons. The van der Waals surface area contributed by atoms with Crippen molar-refractivity contribution in [3.05, 3.63) is 58.5 Å². The Hall–Kier alpha value is -2.07. The van der Waals surface area contributed by atoms with E-state index in [1.165, 1.54) is 11.1 Å². The van der Waals surface area contributed by atoms with E-state index in [1.807, 2.05) is 12.1 Å². The van der Waals surface area contributed by atoms with Crippen LogP contribution in [0.15, 0.2) is 34.7 Å². The van der Waals surface area contributed by atoms with Gasteiger partial charge < -0.3 is 14.8 Å². The first-order valence-electron chi connectivity index (χ1n) is 6.60. The summed E-state index contributed by atoms with van der Waals surface area (Å²) in [6.07, 6.45) is 0. The summed E-state index contributed by atoms with van der Waals surface area (Å²) in [6, 6.07) is 10.1. The topological polar surface area (TPSA) is 62.5 Å². The van der Waals surface area contributed by atoms with Gasteiger partial charge in [0.25, 0.3) is 0 Å². The van der Waals surface area contributed by atoms with Crippen LogP contribution < -0.4 is 5.32 Å². The molecule has 1 aromatic carbocycles. The Kier molecular flexibility index (Phi) is 4.25. The molecule has 0 aliphatic heterocycles. The van der Waals surface area contributed by atoms with Gasteiger partial charge in [0.2, 0.25) is 5.76 Å². The van der Waals surface area contributed by atoms with Gasteiger partial charge in [-0.15, -0.1) is 0 Å². The lowest BCUT2D eigenvalue weighted by Crippen LogP contribution is -2.18. The third-order valence-corrected chi connectivity index (χ3v) is 3.40. The molecule has 2 rings (SSSR count). The summed E-state index contributed by atoms with van der Waals surface area (Å²) in [5.41, 5.74) is 3.11. The van der Waals surface area contributed by atoms with Crippen LogP contribution in [0.5, 0.6) is 0 Å². The zero-order valence-corrected chi connectivity index (χ0v) is 11.9. The number of carboxylic acid groups (broad SMARTS) is 1. The maximum absolute atomic E-state index is 10.9. The van der Waals surface area contributed by atoms with Gasteiger partial charge >= 0.3 is 5.97 Å². The van der Waals surface area contributed by atoms with Crippen LogP contribution in [-0.4, -0.2) is 11.1 Å². The van der Waals surface area contributed by atoms with Crippen LogP contribution in [0.25, 0.3) is 0 Å². The monoisotopic (exact) mass is 273 g/mol. The zero-order chi connectivity index (χ0) is 14.7. The van der Waals surface area contributed by atoms with Crippen LogP contribution in [0.1, 0.15) is 46.0 Å². The first kappa shape index (κ1) is 14.3. The van der Waals surface area contributed by atoms with Gasteiger partial charge in [0, 0.05) is 11.6 Å². The number of hydrogen-bond donors (Lipinski definition) is 2. The third-order valence-electron chi connectivity index (χ3n) is 3.40. The summed E-state index contributed by atoms with van der Waals surface area (Å²) < 4.78 is 5.33. The van der Waals surface area contributed by atoms with E-state index in [9.17, 15) is 4.79 Å². The highest BCUT2D eigenvalue weighted by Crippen LogP contribution is 2.19. The minimum absolute atomic E-state index is 0.0188. The van der Waals surface area contributed by atoms with Gasteiger partial charge in [-0.05, 0) is 38.0 Å². The van der Waals surface area contributed by atoms with E-state index in [2.05, 4.69) is 31.3 Å². The summed E-state index contributed by atoms with van der Waals surface area (Å²) in [5, 5.41) is 12.3. The quantitative estimate of drug-likeness (QED) is 0.876. The SMILES string of the molecule is Cc1ccccc1[C@@H](C)NCc1cc(C)c(C(=O)O)o1. The van der Waals surface area contributed by atoms with E-state index in [-0.39, 0.29) is 11.8 Å². The molecule has 2 aromatic rings. The average Bonchev–Trinajstić information content (AvgIpc) is 2.78. The number of rotatable bonds is 5. The molecule has 0 saturated heterocycles. The van der Waals surface area contributed by atoms with Gasteiger partial charge in [-0.25, -0.2) is 4.79 Å². The van der Waals surface area contributed by atoms with E-state index in [1.54, 1.807) is 13.0 Å².